The zero-order chi connectivity index (χ0) is 21.8. The number of allylic oxidation sites excluding steroid dienone is 1. The summed E-state index contributed by atoms with van der Waals surface area (Å²) in [5.41, 5.74) is 2.83. The Hall–Kier alpha value is -3.65. The summed E-state index contributed by atoms with van der Waals surface area (Å²) in [5.74, 6) is -0.618. The number of aromatic nitrogens is 3. The van der Waals surface area contributed by atoms with Gasteiger partial charge < -0.3 is 10.4 Å². The number of anilines is 2. The molecule has 3 N–H and O–H groups in total. The Kier molecular flexibility index (Phi) is 5.99. The van der Waals surface area contributed by atoms with E-state index in [9.17, 15) is 9.59 Å². The minimum atomic E-state index is -0.932. The fourth-order valence-corrected chi connectivity index (χ4v) is 3.44. The summed E-state index contributed by atoms with van der Waals surface area (Å²) in [4.78, 5) is 27.2. The number of aliphatic carboxylic acids is 1. The Morgan fingerprint density at radius 3 is 2.55 bits per heavy atom. The number of fused-ring (bicyclic) bond motifs is 1. The molecule has 1 aromatic heterocycles. The topological polar surface area (TPSA) is 109 Å². The molecule has 1 atom stereocenters. The van der Waals surface area contributed by atoms with Crippen LogP contribution in [0.1, 0.15) is 36.4 Å². The highest BCUT2D eigenvalue weighted by molar-refractivity contribution is 6.30. The molecule has 2 heterocycles. The molecule has 1 amide bonds. The Morgan fingerprint density at radius 2 is 1.84 bits per heavy atom. The van der Waals surface area contributed by atoms with Crippen molar-refractivity contribution in [1.29, 1.82) is 0 Å². The van der Waals surface area contributed by atoms with Crippen LogP contribution in [-0.2, 0) is 9.59 Å². The summed E-state index contributed by atoms with van der Waals surface area (Å²) in [5, 5.41) is 19.7. The van der Waals surface area contributed by atoms with E-state index in [-0.39, 0.29) is 37.2 Å². The lowest BCUT2D eigenvalue weighted by molar-refractivity contribution is -0.137. The average molecular weight is 438 g/mol. The highest BCUT2D eigenvalue weighted by atomic mass is 35.5. The number of nitrogens with one attached hydrogen (secondary N) is 2. The first-order chi connectivity index (χ1) is 15.0. The van der Waals surface area contributed by atoms with Crippen molar-refractivity contribution in [1.82, 2.24) is 14.8 Å². The third-order valence-corrected chi connectivity index (χ3v) is 5.06. The van der Waals surface area contributed by atoms with Gasteiger partial charge in [-0.25, -0.2) is 4.68 Å². The fourth-order valence-electron chi connectivity index (χ4n) is 3.32. The molecule has 0 aliphatic carbocycles. The maximum absolute atomic E-state index is 12.1. The molecule has 3 aromatic rings. The molecule has 9 heteroatoms. The lowest BCUT2D eigenvalue weighted by Crippen LogP contribution is -2.20. The van der Waals surface area contributed by atoms with E-state index in [4.69, 9.17) is 16.7 Å². The van der Waals surface area contributed by atoms with Crippen LogP contribution in [0.15, 0.2) is 60.7 Å². The number of nitrogens with zero attached hydrogens (tertiary/aromatic N) is 3. The molecule has 4 rings (SSSR count). The predicted octanol–water partition coefficient (Wildman–Crippen LogP) is 4.18. The van der Waals surface area contributed by atoms with Gasteiger partial charge in [0.25, 0.3) is 5.95 Å². The number of carbonyl (C=O) groups excluding carboxylic acids is 1. The zero-order valence-corrected chi connectivity index (χ0v) is 17.2. The summed E-state index contributed by atoms with van der Waals surface area (Å²) in [7, 11) is 0. The second-order valence-corrected chi connectivity index (χ2v) is 7.50. The molecule has 0 saturated carbocycles. The number of benzene rings is 2. The molecular weight excluding hydrogens is 418 g/mol. The maximum Gasteiger partial charge on any atom is 0.303 e. The highest BCUT2D eigenvalue weighted by Gasteiger charge is 2.25. The van der Waals surface area contributed by atoms with Crippen molar-refractivity contribution in [3.05, 3.63) is 76.8 Å². The molecule has 0 fully saturated rings. The van der Waals surface area contributed by atoms with E-state index in [1.165, 1.54) is 0 Å². The number of halogens is 1. The zero-order valence-electron chi connectivity index (χ0n) is 16.5. The van der Waals surface area contributed by atoms with Gasteiger partial charge in [0.2, 0.25) is 11.9 Å². The van der Waals surface area contributed by atoms with Gasteiger partial charge in [-0.1, -0.05) is 54.1 Å². The van der Waals surface area contributed by atoms with E-state index in [0.29, 0.717) is 11.0 Å². The summed E-state index contributed by atoms with van der Waals surface area (Å²) in [6, 6.07) is 17.1. The van der Waals surface area contributed by atoms with Crippen LogP contribution in [0.3, 0.4) is 0 Å². The number of carboxylic acids is 1. The van der Waals surface area contributed by atoms with Crippen molar-refractivity contribution in [3.8, 4) is 0 Å². The molecule has 158 valence electrons. The van der Waals surface area contributed by atoms with E-state index < -0.39 is 5.97 Å². The molecule has 1 aliphatic heterocycles. The number of hydrogen-bond donors (Lipinski definition) is 3. The summed E-state index contributed by atoms with van der Waals surface area (Å²) >= 11 is 6.05. The first-order valence-corrected chi connectivity index (χ1v) is 10.2. The minimum absolute atomic E-state index is 0.0644. The maximum atomic E-state index is 12.1. The molecule has 8 nitrogen and oxygen atoms in total. The van der Waals surface area contributed by atoms with Crippen LogP contribution in [-0.4, -0.2) is 31.7 Å². The van der Waals surface area contributed by atoms with Crippen molar-refractivity contribution < 1.29 is 14.7 Å². The van der Waals surface area contributed by atoms with Gasteiger partial charge in [-0.3, -0.25) is 14.9 Å². The van der Waals surface area contributed by atoms with Crippen molar-refractivity contribution in [3.63, 3.8) is 0 Å². The van der Waals surface area contributed by atoms with Gasteiger partial charge >= 0.3 is 5.97 Å². The Morgan fingerprint density at radius 1 is 1.10 bits per heavy atom. The Bertz CT molecular complexity index is 1130. The number of amides is 1. The van der Waals surface area contributed by atoms with Gasteiger partial charge in [-0.15, -0.1) is 5.10 Å². The highest BCUT2D eigenvalue weighted by Crippen LogP contribution is 2.33. The molecule has 0 spiro atoms. The van der Waals surface area contributed by atoms with Crippen molar-refractivity contribution in [2.45, 2.75) is 25.3 Å². The van der Waals surface area contributed by atoms with E-state index in [0.717, 1.165) is 16.8 Å². The number of carbonyl (C=O) groups is 2. The Labute approximate surface area is 183 Å². The molecule has 1 aliphatic rings. The fraction of sp³-hybridized carbons (Fsp3) is 0.182. The summed E-state index contributed by atoms with van der Waals surface area (Å²) < 4.78 is 1.70. The van der Waals surface area contributed by atoms with Gasteiger partial charge in [0.15, 0.2) is 0 Å². The largest absolute Gasteiger partial charge is 0.481 e. The van der Waals surface area contributed by atoms with Crippen LogP contribution in [0, 0.1) is 0 Å². The van der Waals surface area contributed by atoms with Crippen LogP contribution in [0.25, 0.3) is 5.70 Å². The molecule has 0 radical (unpaired) electrons. The third kappa shape index (κ3) is 4.92. The number of hydrogen-bond acceptors (Lipinski definition) is 5. The second-order valence-electron chi connectivity index (χ2n) is 7.07. The molecule has 0 unspecified atom stereocenters. The number of carboxylic acid groups (broad SMARTS) is 1. The minimum Gasteiger partial charge on any atom is -0.481 e. The van der Waals surface area contributed by atoms with Crippen LogP contribution in [0.5, 0.6) is 0 Å². The molecule has 31 heavy (non-hydrogen) atoms. The van der Waals surface area contributed by atoms with E-state index in [1.807, 2.05) is 60.7 Å². The second kappa shape index (κ2) is 9.01. The van der Waals surface area contributed by atoms with Gasteiger partial charge in [0.1, 0.15) is 6.04 Å². The summed E-state index contributed by atoms with van der Waals surface area (Å²) in [6.07, 6.45) is 2.31. The predicted molar refractivity (Wildman–Crippen MR) is 118 cm³/mol. The lowest BCUT2D eigenvalue weighted by atomic mass is 10.0. The van der Waals surface area contributed by atoms with Crippen molar-refractivity contribution in [2.24, 2.45) is 0 Å². The number of rotatable bonds is 7. The van der Waals surface area contributed by atoms with Gasteiger partial charge in [0, 0.05) is 23.6 Å². The molecular formula is C22H20ClN5O3. The van der Waals surface area contributed by atoms with Crippen molar-refractivity contribution >= 4 is 41.1 Å². The van der Waals surface area contributed by atoms with E-state index >= 15 is 0 Å². The smallest absolute Gasteiger partial charge is 0.303 e. The molecule has 0 bridgehead atoms. The summed E-state index contributed by atoms with van der Waals surface area (Å²) in [6.45, 7) is 0. The molecule has 2 aromatic carbocycles. The Balaban J connectivity index is 1.61. The first kappa shape index (κ1) is 20.6. The third-order valence-electron chi connectivity index (χ3n) is 4.81. The van der Waals surface area contributed by atoms with Crippen molar-refractivity contribution in [2.75, 3.05) is 10.6 Å². The van der Waals surface area contributed by atoms with E-state index in [2.05, 4.69) is 20.7 Å². The first-order valence-electron chi connectivity index (χ1n) is 9.77. The van der Waals surface area contributed by atoms with Crippen LogP contribution < -0.4 is 10.6 Å². The quantitative estimate of drug-likeness (QED) is 0.511. The lowest BCUT2D eigenvalue weighted by Gasteiger charge is -2.24. The van der Waals surface area contributed by atoms with Crippen LogP contribution in [0.2, 0.25) is 5.02 Å². The normalized spacial score (nSPS) is 14.9. The SMILES string of the molecule is O=C(O)CCCC(=O)Nc1nc2n(n1)[C@@H](c1ccc(Cl)cc1)C=C(c1ccccc1)N2. The van der Waals surface area contributed by atoms with Gasteiger partial charge in [0.05, 0.1) is 0 Å². The standard InChI is InChI=1S/C22H20ClN5O3/c23-16-11-9-15(10-12-16)18-13-17(14-5-2-1-3-6-14)24-22-26-21(27-28(18)22)25-19(29)7-4-8-20(30)31/h1-3,5-6,9-13,18H,4,7-8H2,(H,30,31)(H2,24,25,26,27,29)/t18-/m1/s1. The van der Waals surface area contributed by atoms with Gasteiger partial charge in [-0.05, 0) is 35.8 Å². The van der Waals surface area contributed by atoms with Crippen LogP contribution >= 0.6 is 11.6 Å². The van der Waals surface area contributed by atoms with Crippen LogP contribution in [0.4, 0.5) is 11.9 Å². The average Bonchev–Trinajstić information content (AvgIpc) is 3.16. The molecule has 0 saturated heterocycles. The van der Waals surface area contributed by atoms with Gasteiger partial charge in [-0.2, -0.15) is 4.98 Å². The van der Waals surface area contributed by atoms with E-state index in [1.54, 1.807) is 4.68 Å². The monoisotopic (exact) mass is 437 g/mol.